The van der Waals surface area contributed by atoms with E-state index in [1.165, 1.54) is 11.8 Å². The molecule has 2 heterocycles. The van der Waals surface area contributed by atoms with Crippen LogP contribution in [-0.2, 0) is 0 Å². The largest absolute Gasteiger partial charge is 0.344 e. The fraction of sp³-hybridized carbons (Fsp3) is 0.273. The van der Waals surface area contributed by atoms with Crippen LogP contribution in [0.1, 0.15) is 25.6 Å². The Labute approximate surface area is 108 Å². The highest BCUT2D eigenvalue weighted by molar-refractivity contribution is 7.99. The van der Waals surface area contributed by atoms with E-state index in [9.17, 15) is 4.79 Å². The molecule has 2 aromatic rings. The van der Waals surface area contributed by atoms with Crippen LogP contribution >= 0.6 is 11.8 Å². The molecule has 0 saturated carbocycles. The second-order valence-corrected chi connectivity index (χ2v) is 4.91. The number of hydrogen-bond donors (Lipinski definition) is 1. The molecular formula is C11H11N5OS. The summed E-state index contributed by atoms with van der Waals surface area (Å²) < 4.78 is 1.57. The maximum atomic E-state index is 11.6. The first-order valence-electron chi connectivity index (χ1n) is 5.32. The summed E-state index contributed by atoms with van der Waals surface area (Å²) in [6, 6.07) is 5.43. The lowest BCUT2D eigenvalue weighted by molar-refractivity contribution is 0.534. The summed E-state index contributed by atoms with van der Waals surface area (Å²) in [7, 11) is 0. The maximum absolute atomic E-state index is 11.6. The second-order valence-electron chi connectivity index (χ2n) is 3.87. The summed E-state index contributed by atoms with van der Waals surface area (Å²) in [5.41, 5.74) is 0.107. The zero-order chi connectivity index (χ0) is 13.1. The first kappa shape index (κ1) is 12.4. The molecule has 92 valence electrons. The van der Waals surface area contributed by atoms with Gasteiger partial charge in [0.15, 0.2) is 5.16 Å². The third-order valence-corrected chi connectivity index (χ3v) is 3.20. The van der Waals surface area contributed by atoms with Crippen LogP contribution < -0.4 is 5.69 Å². The molecule has 0 aliphatic carbocycles. The average Bonchev–Trinajstić information content (AvgIpc) is 2.70. The molecule has 0 spiro atoms. The van der Waals surface area contributed by atoms with E-state index in [0.29, 0.717) is 10.9 Å². The van der Waals surface area contributed by atoms with Crippen LogP contribution in [0.4, 0.5) is 0 Å². The monoisotopic (exact) mass is 261 g/mol. The van der Waals surface area contributed by atoms with Crippen LogP contribution in [0.3, 0.4) is 0 Å². The Bertz CT molecular complexity index is 652. The molecule has 1 N–H and O–H groups in total. The van der Waals surface area contributed by atoms with E-state index >= 15 is 0 Å². The van der Waals surface area contributed by atoms with Gasteiger partial charge >= 0.3 is 5.69 Å². The van der Waals surface area contributed by atoms with Crippen molar-refractivity contribution >= 4 is 11.8 Å². The van der Waals surface area contributed by atoms with Crippen LogP contribution in [-0.4, -0.2) is 19.7 Å². The minimum absolute atomic E-state index is 0.0241. The normalized spacial score (nSPS) is 10.6. The zero-order valence-electron chi connectivity index (χ0n) is 9.91. The first-order chi connectivity index (χ1) is 8.61. The average molecular weight is 261 g/mol. The quantitative estimate of drug-likeness (QED) is 0.906. The van der Waals surface area contributed by atoms with E-state index in [0.717, 1.165) is 4.90 Å². The Morgan fingerprint density at radius 1 is 1.56 bits per heavy atom. The highest BCUT2D eigenvalue weighted by Gasteiger charge is 2.12. The van der Waals surface area contributed by atoms with Gasteiger partial charge in [0, 0.05) is 17.1 Å². The van der Waals surface area contributed by atoms with Gasteiger partial charge < -0.3 is 0 Å². The minimum atomic E-state index is -0.234. The Kier molecular flexibility index (Phi) is 3.48. The van der Waals surface area contributed by atoms with Gasteiger partial charge in [0.05, 0.1) is 0 Å². The van der Waals surface area contributed by atoms with Crippen molar-refractivity contribution in [2.45, 2.75) is 29.9 Å². The topological polar surface area (TPSA) is 87.4 Å². The summed E-state index contributed by atoms with van der Waals surface area (Å²) in [4.78, 5) is 16.3. The van der Waals surface area contributed by atoms with E-state index in [2.05, 4.69) is 15.2 Å². The van der Waals surface area contributed by atoms with Crippen LogP contribution in [0.5, 0.6) is 0 Å². The van der Waals surface area contributed by atoms with E-state index in [4.69, 9.17) is 5.26 Å². The number of rotatable bonds is 3. The van der Waals surface area contributed by atoms with Crippen LogP contribution in [0.25, 0.3) is 0 Å². The van der Waals surface area contributed by atoms with Gasteiger partial charge in [-0.15, -0.1) is 5.10 Å². The fourth-order valence-electron chi connectivity index (χ4n) is 1.46. The Hall–Kier alpha value is -2.07. The van der Waals surface area contributed by atoms with Gasteiger partial charge in [0.1, 0.15) is 11.8 Å². The Morgan fingerprint density at radius 2 is 2.33 bits per heavy atom. The molecule has 18 heavy (non-hydrogen) atoms. The molecule has 6 nitrogen and oxygen atoms in total. The van der Waals surface area contributed by atoms with E-state index < -0.39 is 0 Å². The van der Waals surface area contributed by atoms with Crippen molar-refractivity contribution in [3.05, 3.63) is 34.5 Å². The van der Waals surface area contributed by atoms with Gasteiger partial charge in [0.25, 0.3) is 0 Å². The van der Waals surface area contributed by atoms with Gasteiger partial charge in [0.2, 0.25) is 0 Å². The standard InChI is InChI=1S/C11H11N5OS/c1-7(2)16-10(17)14-15-11(16)18-9-3-4-13-8(5-9)6-12/h3-5,7H,1-2H3,(H,14,17). The van der Waals surface area contributed by atoms with Crippen molar-refractivity contribution in [3.63, 3.8) is 0 Å². The molecule has 0 aliphatic heterocycles. The van der Waals surface area contributed by atoms with Gasteiger partial charge in [-0.2, -0.15) is 5.26 Å². The van der Waals surface area contributed by atoms with Gasteiger partial charge in [-0.05, 0) is 37.7 Å². The molecule has 2 rings (SSSR count). The van der Waals surface area contributed by atoms with Crippen molar-refractivity contribution in [1.82, 2.24) is 19.7 Å². The smallest absolute Gasteiger partial charge is 0.267 e. The highest BCUT2D eigenvalue weighted by Crippen LogP contribution is 2.26. The number of aromatic amines is 1. The van der Waals surface area contributed by atoms with Crippen molar-refractivity contribution in [3.8, 4) is 6.07 Å². The highest BCUT2D eigenvalue weighted by atomic mass is 32.2. The van der Waals surface area contributed by atoms with Crippen LogP contribution in [0.15, 0.2) is 33.2 Å². The van der Waals surface area contributed by atoms with E-state index in [1.807, 2.05) is 19.9 Å². The number of H-pyrrole nitrogens is 1. The minimum Gasteiger partial charge on any atom is -0.267 e. The summed E-state index contributed by atoms with van der Waals surface area (Å²) in [6.07, 6.45) is 1.56. The molecular weight excluding hydrogens is 250 g/mol. The molecule has 0 fully saturated rings. The second kappa shape index (κ2) is 5.06. The lowest BCUT2D eigenvalue weighted by Gasteiger charge is -2.08. The molecule has 2 aromatic heterocycles. The summed E-state index contributed by atoms with van der Waals surface area (Å²) >= 11 is 1.32. The number of hydrogen-bond acceptors (Lipinski definition) is 5. The number of nitrogens with zero attached hydrogens (tertiary/aromatic N) is 4. The van der Waals surface area contributed by atoms with Gasteiger partial charge in [-0.3, -0.25) is 4.57 Å². The molecule has 7 heteroatoms. The number of pyridine rings is 1. The fourth-order valence-corrected chi connectivity index (χ4v) is 2.45. The zero-order valence-corrected chi connectivity index (χ0v) is 10.7. The maximum Gasteiger partial charge on any atom is 0.344 e. The lowest BCUT2D eigenvalue weighted by atomic mass is 10.4. The summed E-state index contributed by atoms with van der Waals surface area (Å²) in [5.74, 6) is 0. The molecule has 0 saturated heterocycles. The third-order valence-electron chi connectivity index (χ3n) is 2.24. The van der Waals surface area contributed by atoms with Crippen molar-refractivity contribution in [2.75, 3.05) is 0 Å². The first-order valence-corrected chi connectivity index (χ1v) is 6.14. The summed E-state index contributed by atoms with van der Waals surface area (Å²) in [5, 5.41) is 15.7. The van der Waals surface area contributed by atoms with Gasteiger partial charge in [-0.1, -0.05) is 0 Å². The van der Waals surface area contributed by atoms with Gasteiger partial charge in [-0.25, -0.2) is 14.9 Å². The van der Waals surface area contributed by atoms with Crippen molar-refractivity contribution in [2.24, 2.45) is 0 Å². The van der Waals surface area contributed by atoms with Crippen molar-refractivity contribution < 1.29 is 0 Å². The number of nitriles is 1. The molecule has 0 bridgehead atoms. The van der Waals surface area contributed by atoms with E-state index in [1.54, 1.807) is 22.9 Å². The van der Waals surface area contributed by atoms with Crippen molar-refractivity contribution in [1.29, 1.82) is 5.26 Å². The predicted octanol–water partition coefficient (Wildman–Crippen LogP) is 1.57. The van der Waals surface area contributed by atoms with E-state index in [-0.39, 0.29) is 11.7 Å². The van der Waals surface area contributed by atoms with Crippen LogP contribution in [0, 0.1) is 11.3 Å². The Morgan fingerprint density at radius 3 is 3.00 bits per heavy atom. The molecule has 0 aromatic carbocycles. The lowest BCUT2D eigenvalue weighted by Crippen LogP contribution is -2.19. The summed E-state index contributed by atoms with van der Waals surface area (Å²) in [6.45, 7) is 3.82. The molecule has 0 aliphatic rings. The molecule has 0 amide bonds. The molecule has 0 atom stereocenters. The SMILES string of the molecule is CC(C)n1c(Sc2ccnc(C#N)c2)n[nH]c1=O. The number of aromatic nitrogens is 4. The third kappa shape index (κ3) is 2.43. The predicted molar refractivity (Wildman–Crippen MR) is 66.3 cm³/mol. The Balaban J connectivity index is 2.35. The molecule has 0 unspecified atom stereocenters. The van der Waals surface area contributed by atoms with Crippen LogP contribution in [0.2, 0.25) is 0 Å². The number of nitrogens with one attached hydrogen (secondary N) is 1. The molecule has 0 radical (unpaired) electrons.